The summed E-state index contributed by atoms with van der Waals surface area (Å²) in [6.45, 7) is 9.46. The van der Waals surface area contributed by atoms with Crippen molar-refractivity contribution in [2.45, 2.75) is 39.5 Å². The third kappa shape index (κ3) is 5.13. The lowest BCUT2D eigenvalue weighted by molar-refractivity contribution is -0.127. The maximum Gasteiger partial charge on any atom is 0.246 e. The second kappa shape index (κ2) is 11.5. The lowest BCUT2D eigenvalue weighted by atomic mass is 9.96. The Hall–Kier alpha value is -4.94. The average molecular weight is 642 g/mol. The number of ether oxygens (including phenoxy) is 1. The summed E-state index contributed by atoms with van der Waals surface area (Å²) < 4.78 is 44.6. The molecule has 1 aliphatic rings. The number of nitrogens with zero attached hydrogens (tertiary/aromatic N) is 5. The molecule has 0 spiro atoms. The van der Waals surface area contributed by atoms with Crippen molar-refractivity contribution in [1.29, 1.82) is 0 Å². The van der Waals surface area contributed by atoms with E-state index in [1.54, 1.807) is 11.8 Å². The van der Waals surface area contributed by atoms with Crippen LogP contribution in [0, 0.1) is 18.6 Å². The van der Waals surface area contributed by atoms with E-state index in [0.717, 1.165) is 28.8 Å². The van der Waals surface area contributed by atoms with Crippen LogP contribution < -0.4 is 4.74 Å². The molecule has 2 atom stereocenters. The van der Waals surface area contributed by atoms with Crippen molar-refractivity contribution >= 4 is 38.4 Å². The fraction of sp³-hybridized carbons (Fsp3) is 0.235. The van der Waals surface area contributed by atoms with Crippen LogP contribution in [0.25, 0.3) is 55.0 Å². The number of aliphatic hydroxyl groups is 1. The van der Waals surface area contributed by atoms with Crippen molar-refractivity contribution in [3.63, 3.8) is 0 Å². The van der Waals surface area contributed by atoms with E-state index in [1.807, 2.05) is 47.3 Å². The van der Waals surface area contributed by atoms with Gasteiger partial charge in [-0.1, -0.05) is 6.58 Å². The third-order valence-electron chi connectivity index (χ3n) is 7.92. The highest BCUT2D eigenvalue weighted by Crippen LogP contribution is 2.47. The molecule has 6 aromatic rings. The lowest BCUT2D eigenvalue weighted by Crippen LogP contribution is -2.39. The second-order valence-electron chi connectivity index (χ2n) is 11.4. The number of hydrogen-bond acceptors (Lipinski definition) is 8. The number of hydrogen-bond donors (Lipinski definition) is 1. The van der Waals surface area contributed by atoms with E-state index in [-0.39, 0.29) is 29.9 Å². The first-order valence-electron chi connectivity index (χ1n) is 14.7. The van der Waals surface area contributed by atoms with E-state index in [1.165, 1.54) is 24.3 Å². The standard InChI is InChI=1S/C34H29F2N5O4S/c1-5-29(43)40-14-17(2)41-22(15-40)13-26(39-41)33-31(30-24(36)11-21(35)12-28(30)44-16-18(3)42)34-23(8-9-46-34)32(38-33)20-6-7-27-25(10-20)37-19(4)45-27/h5-13,17-18,42H,1,14-16H2,2-4H3. The summed E-state index contributed by atoms with van der Waals surface area (Å²) in [5.41, 5.74) is 4.66. The molecule has 12 heteroatoms. The molecule has 0 saturated carbocycles. The Morgan fingerprint density at radius 1 is 1.20 bits per heavy atom. The van der Waals surface area contributed by atoms with Crippen molar-refractivity contribution in [2.24, 2.45) is 0 Å². The largest absolute Gasteiger partial charge is 0.490 e. The van der Waals surface area contributed by atoms with E-state index in [0.29, 0.717) is 57.4 Å². The summed E-state index contributed by atoms with van der Waals surface area (Å²) in [6.07, 6.45) is 0.411. The van der Waals surface area contributed by atoms with Gasteiger partial charge < -0.3 is 19.2 Å². The number of aryl methyl sites for hydroxylation is 1. The number of oxazole rings is 1. The zero-order valence-electron chi connectivity index (χ0n) is 25.3. The first kappa shape index (κ1) is 29.8. The summed E-state index contributed by atoms with van der Waals surface area (Å²) in [7, 11) is 0. The van der Waals surface area contributed by atoms with Gasteiger partial charge in [0.25, 0.3) is 0 Å². The van der Waals surface area contributed by atoms with Gasteiger partial charge in [-0.2, -0.15) is 5.10 Å². The van der Waals surface area contributed by atoms with E-state index < -0.39 is 17.7 Å². The van der Waals surface area contributed by atoms with Crippen LogP contribution in [0.1, 0.15) is 31.5 Å². The van der Waals surface area contributed by atoms with Crippen molar-refractivity contribution in [1.82, 2.24) is 24.6 Å². The van der Waals surface area contributed by atoms with Gasteiger partial charge in [-0.3, -0.25) is 9.48 Å². The zero-order valence-corrected chi connectivity index (χ0v) is 26.1. The van der Waals surface area contributed by atoms with Crippen LogP contribution in [-0.2, 0) is 11.3 Å². The molecule has 46 heavy (non-hydrogen) atoms. The summed E-state index contributed by atoms with van der Waals surface area (Å²) in [5, 5.41) is 17.5. The predicted molar refractivity (Wildman–Crippen MR) is 171 cm³/mol. The molecule has 9 nitrogen and oxygen atoms in total. The minimum atomic E-state index is -0.876. The molecular weight excluding hydrogens is 612 g/mol. The first-order valence-corrected chi connectivity index (χ1v) is 15.6. The Kier molecular flexibility index (Phi) is 7.41. The summed E-state index contributed by atoms with van der Waals surface area (Å²) in [5.74, 6) is -1.37. The monoisotopic (exact) mass is 641 g/mol. The predicted octanol–water partition coefficient (Wildman–Crippen LogP) is 7.07. The highest BCUT2D eigenvalue weighted by Gasteiger charge is 2.30. The quantitative estimate of drug-likeness (QED) is 0.186. The number of carbonyl (C=O) groups excluding carboxylic acids is 1. The van der Waals surface area contributed by atoms with Crippen LogP contribution in [0.3, 0.4) is 0 Å². The highest BCUT2D eigenvalue weighted by atomic mass is 32.1. The molecule has 234 valence electrons. The average Bonchev–Trinajstić information content (AvgIpc) is 3.76. The number of halogens is 2. The molecule has 0 saturated heterocycles. The van der Waals surface area contributed by atoms with Crippen LogP contribution in [0.4, 0.5) is 8.78 Å². The Labute approximate surface area is 266 Å². The minimum Gasteiger partial charge on any atom is -0.490 e. The molecule has 0 aliphatic carbocycles. The van der Waals surface area contributed by atoms with Gasteiger partial charge >= 0.3 is 0 Å². The number of aromatic nitrogens is 4. The van der Waals surface area contributed by atoms with Gasteiger partial charge in [0.1, 0.15) is 40.9 Å². The molecule has 1 N–H and O–H groups in total. The SMILES string of the molecule is C=CC(=O)N1Cc2cc(-c3nc(-c4ccc5oc(C)nc5c4)c4ccsc4c3-c3c(F)cc(F)cc3OCC(C)O)nn2C(C)C1. The topological polar surface area (TPSA) is 107 Å². The summed E-state index contributed by atoms with van der Waals surface area (Å²) in [4.78, 5) is 23.8. The maximum absolute atomic E-state index is 16.0. The summed E-state index contributed by atoms with van der Waals surface area (Å²) in [6, 6.07) is 11.1. The number of aliphatic hydroxyl groups excluding tert-OH is 1. The van der Waals surface area contributed by atoms with Crippen LogP contribution >= 0.6 is 11.3 Å². The lowest BCUT2D eigenvalue weighted by Gasteiger charge is -2.31. The Bertz CT molecular complexity index is 2170. The van der Waals surface area contributed by atoms with Gasteiger partial charge in [0.05, 0.1) is 35.6 Å². The van der Waals surface area contributed by atoms with Crippen molar-refractivity contribution in [3.8, 4) is 39.5 Å². The van der Waals surface area contributed by atoms with E-state index >= 15 is 4.39 Å². The fourth-order valence-electron chi connectivity index (χ4n) is 5.97. The number of amides is 1. The molecule has 1 amide bonds. The number of pyridine rings is 1. The van der Waals surface area contributed by atoms with Gasteiger partial charge in [0.15, 0.2) is 11.5 Å². The van der Waals surface area contributed by atoms with Crippen molar-refractivity contribution in [3.05, 3.63) is 83.7 Å². The van der Waals surface area contributed by atoms with Crippen molar-refractivity contribution in [2.75, 3.05) is 13.2 Å². The molecule has 2 aromatic carbocycles. The molecular formula is C34H29F2N5O4S. The zero-order chi connectivity index (χ0) is 32.3. The maximum atomic E-state index is 16.0. The molecule has 1 aliphatic heterocycles. The van der Waals surface area contributed by atoms with E-state index in [4.69, 9.17) is 19.2 Å². The third-order valence-corrected chi connectivity index (χ3v) is 8.85. The van der Waals surface area contributed by atoms with E-state index in [2.05, 4.69) is 11.6 Å². The summed E-state index contributed by atoms with van der Waals surface area (Å²) >= 11 is 1.38. The number of benzene rings is 2. The van der Waals surface area contributed by atoms with Crippen LogP contribution in [-0.4, -0.2) is 54.9 Å². The molecule has 0 bridgehead atoms. The number of rotatable bonds is 7. The smallest absolute Gasteiger partial charge is 0.246 e. The van der Waals surface area contributed by atoms with E-state index in [9.17, 15) is 14.3 Å². The van der Waals surface area contributed by atoms with Gasteiger partial charge in [0, 0.05) is 46.8 Å². The first-order chi connectivity index (χ1) is 22.1. The highest BCUT2D eigenvalue weighted by molar-refractivity contribution is 7.18. The Morgan fingerprint density at radius 3 is 2.80 bits per heavy atom. The van der Waals surface area contributed by atoms with Gasteiger partial charge in [-0.05, 0) is 55.6 Å². The van der Waals surface area contributed by atoms with Crippen LogP contribution in [0.15, 0.2) is 64.9 Å². The van der Waals surface area contributed by atoms with Crippen LogP contribution in [0.2, 0.25) is 0 Å². The van der Waals surface area contributed by atoms with Gasteiger partial charge in [-0.15, -0.1) is 11.3 Å². The van der Waals surface area contributed by atoms with Gasteiger partial charge in [-0.25, -0.2) is 18.7 Å². The number of fused-ring (bicyclic) bond motifs is 3. The van der Waals surface area contributed by atoms with Crippen molar-refractivity contribution < 1.29 is 27.8 Å². The molecule has 4 aromatic heterocycles. The van der Waals surface area contributed by atoms with Gasteiger partial charge in [0.2, 0.25) is 5.91 Å². The molecule has 5 heterocycles. The molecule has 0 fully saturated rings. The Balaban J connectivity index is 1.51. The molecule has 0 radical (unpaired) electrons. The Morgan fingerprint density at radius 2 is 2.02 bits per heavy atom. The minimum absolute atomic E-state index is 0.00797. The molecule has 2 unspecified atom stereocenters. The normalized spacial score (nSPS) is 15.3. The van der Waals surface area contributed by atoms with Crippen LogP contribution in [0.5, 0.6) is 5.75 Å². The fourth-order valence-corrected chi connectivity index (χ4v) is 6.92. The number of carbonyl (C=O) groups is 1. The number of thiophene rings is 1. The second-order valence-corrected chi connectivity index (χ2v) is 12.3. The molecule has 7 rings (SSSR count).